The van der Waals surface area contributed by atoms with Crippen molar-refractivity contribution in [3.63, 3.8) is 0 Å². The number of carbonyl (C=O) groups is 2. The minimum atomic E-state index is -0.911. The number of β-amino-alcohol motifs (C(OH)–C–C–N with tert-alkyl or cyclic N) is 1. The molecule has 0 radical (unpaired) electrons. The summed E-state index contributed by atoms with van der Waals surface area (Å²) in [6.07, 6.45) is 2.27. The van der Waals surface area contributed by atoms with Gasteiger partial charge in [0.15, 0.2) is 0 Å². The van der Waals surface area contributed by atoms with Crippen LogP contribution in [0.4, 0.5) is 4.79 Å². The van der Waals surface area contributed by atoms with E-state index in [0.29, 0.717) is 30.1 Å². The van der Waals surface area contributed by atoms with E-state index in [9.17, 15) is 14.7 Å². The summed E-state index contributed by atoms with van der Waals surface area (Å²) in [6, 6.07) is 13.0. The third-order valence-corrected chi connectivity index (χ3v) is 7.88. The second-order valence-electron chi connectivity index (χ2n) is 11.2. The summed E-state index contributed by atoms with van der Waals surface area (Å²) in [7, 11) is 0. The molecule has 1 fully saturated rings. The molecule has 1 saturated carbocycles. The molecule has 2 atom stereocenters. The monoisotopic (exact) mass is 496 g/mol. The van der Waals surface area contributed by atoms with E-state index >= 15 is 0 Å². The smallest absolute Gasteiger partial charge is 0.410 e. The number of aliphatic hydroxyl groups excluding tert-OH is 1. The fourth-order valence-electron chi connectivity index (χ4n) is 5.77. The molecule has 1 unspecified atom stereocenters. The zero-order chi connectivity index (χ0) is 25.0. The van der Waals surface area contributed by atoms with Gasteiger partial charge in [-0.05, 0) is 74.9 Å². The maximum Gasteiger partial charge on any atom is 0.410 e. The van der Waals surface area contributed by atoms with Gasteiger partial charge in [-0.1, -0.05) is 42.3 Å². The van der Waals surface area contributed by atoms with E-state index in [1.807, 2.05) is 57.2 Å². The van der Waals surface area contributed by atoms with E-state index in [1.165, 1.54) is 0 Å². The Morgan fingerprint density at radius 3 is 2.57 bits per heavy atom. The number of fused-ring (bicyclic) bond motifs is 3. The van der Waals surface area contributed by atoms with Crippen molar-refractivity contribution in [2.24, 2.45) is 0 Å². The van der Waals surface area contributed by atoms with Crippen molar-refractivity contribution >= 4 is 23.6 Å². The summed E-state index contributed by atoms with van der Waals surface area (Å²) in [6.45, 7) is 6.60. The van der Waals surface area contributed by atoms with Gasteiger partial charge in [0.25, 0.3) is 5.91 Å². The SMILES string of the molecule is CC(C)(C)OC(=O)N1Cc2ccccc2CC1[C@H](O)CN1CC2(CCC2)c2cc(Cl)ccc2C1=O. The van der Waals surface area contributed by atoms with Crippen molar-refractivity contribution in [1.82, 2.24) is 9.80 Å². The summed E-state index contributed by atoms with van der Waals surface area (Å²) in [5.74, 6) is -0.0896. The van der Waals surface area contributed by atoms with Gasteiger partial charge in [-0.15, -0.1) is 0 Å². The van der Waals surface area contributed by atoms with Gasteiger partial charge in [0.1, 0.15) is 5.60 Å². The predicted octanol–water partition coefficient (Wildman–Crippen LogP) is 4.94. The molecule has 6 nitrogen and oxygen atoms in total. The van der Waals surface area contributed by atoms with Crippen molar-refractivity contribution in [1.29, 1.82) is 0 Å². The first-order chi connectivity index (χ1) is 16.6. The lowest BCUT2D eigenvalue weighted by Crippen LogP contribution is -2.58. The molecule has 7 heteroatoms. The van der Waals surface area contributed by atoms with E-state index < -0.39 is 23.8 Å². The van der Waals surface area contributed by atoms with Crippen LogP contribution in [0.5, 0.6) is 0 Å². The molecule has 1 spiro atoms. The second kappa shape index (κ2) is 8.82. The lowest BCUT2D eigenvalue weighted by molar-refractivity contribution is -0.0211. The predicted molar refractivity (Wildman–Crippen MR) is 135 cm³/mol. The second-order valence-corrected chi connectivity index (χ2v) is 11.7. The van der Waals surface area contributed by atoms with E-state index in [2.05, 4.69) is 0 Å². The Hall–Kier alpha value is -2.57. The van der Waals surface area contributed by atoms with Gasteiger partial charge in [-0.25, -0.2) is 4.79 Å². The number of hydrogen-bond donors (Lipinski definition) is 1. The van der Waals surface area contributed by atoms with Crippen LogP contribution >= 0.6 is 11.6 Å². The molecule has 2 aromatic rings. The molecule has 1 aliphatic carbocycles. The lowest BCUT2D eigenvalue weighted by atomic mass is 9.61. The Bertz CT molecular complexity index is 1150. The van der Waals surface area contributed by atoms with Crippen molar-refractivity contribution in [3.8, 4) is 0 Å². The number of halogens is 1. The molecule has 2 amide bonds. The minimum Gasteiger partial charge on any atom is -0.444 e. The zero-order valence-electron chi connectivity index (χ0n) is 20.6. The maximum atomic E-state index is 13.4. The van der Waals surface area contributed by atoms with Crippen molar-refractivity contribution in [2.45, 2.75) is 76.2 Å². The highest BCUT2D eigenvalue weighted by Gasteiger charge is 2.48. The van der Waals surface area contributed by atoms with Crippen LogP contribution < -0.4 is 0 Å². The van der Waals surface area contributed by atoms with Gasteiger partial charge >= 0.3 is 6.09 Å². The Morgan fingerprint density at radius 1 is 1.20 bits per heavy atom. The van der Waals surface area contributed by atoms with Gasteiger partial charge in [0.2, 0.25) is 0 Å². The average molecular weight is 497 g/mol. The number of hydrogen-bond acceptors (Lipinski definition) is 4. The first-order valence-corrected chi connectivity index (χ1v) is 12.8. The van der Waals surface area contributed by atoms with Gasteiger partial charge < -0.3 is 14.7 Å². The van der Waals surface area contributed by atoms with Crippen LogP contribution in [-0.4, -0.2) is 57.7 Å². The molecule has 5 rings (SSSR count). The molecule has 1 N–H and O–H groups in total. The van der Waals surface area contributed by atoms with Gasteiger partial charge in [0.05, 0.1) is 12.1 Å². The van der Waals surface area contributed by atoms with Crippen LogP contribution in [0.25, 0.3) is 0 Å². The van der Waals surface area contributed by atoms with Crippen LogP contribution in [0.3, 0.4) is 0 Å². The Kier molecular flexibility index (Phi) is 6.09. The van der Waals surface area contributed by atoms with Gasteiger partial charge in [0, 0.05) is 35.6 Å². The molecular weight excluding hydrogens is 464 g/mol. The van der Waals surface area contributed by atoms with Gasteiger partial charge in [-0.3, -0.25) is 9.69 Å². The number of ether oxygens (including phenoxy) is 1. The highest BCUT2D eigenvalue weighted by atomic mass is 35.5. The highest BCUT2D eigenvalue weighted by Crippen LogP contribution is 2.49. The molecule has 0 saturated heterocycles. The van der Waals surface area contributed by atoms with Crippen LogP contribution in [0.1, 0.15) is 67.1 Å². The quantitative estimate of drug-likeness (QED) is 0.653. The summed E-state index contributed by atoms with van der Waals surface area (Å²) in [5, 5.41) is 12.1. The molecule has 2 heterocycles. The standard InChI is InChI=1S/C28H33ClN2O4/c1-27(2,3)35-26(34)31-15-19-8-5-4-7-18(19)13-23(31)24(32)16-30-17-28(11-6-12-28)22-14-20(29)9-10-21(22)25(30)33/h4-5,7-10,14,23-24,32H,6,11-13,15-17H2,1-3H3/t23?,24-/m1/s1. The minimum absolute atomic E-state index is 0.0896. The van der Waals surface area contributed by atoms with Crippen LogP contribution in [0, 0.1) is 0 Å². The summed E-state index contributed by atoms with van der Waals surface area (Å²) in [5.41, 5.74) is 3.12. The average Bonchev–Trinajstić information content (AvgIpc) is 2.77. The fourth-order valence-corrected chi connectivity index (χ4v) is 5.94. The fraction of sp³-hybridized carbons (Fsp3) is 0.500. The molecule has 0 bridgehead atoms. The van der Waals surface area contributed by atoms with Crippen molar-refractivity contribution in [3.05, 3.63) is 69.7 Å². The number of nitrogens with zero attached hydrogens (tertiary/aromatic N) is 2. The molecule has 0 aromatic heterocycles. The van der Waals surface area contributed by atoms with Crippen molar-refractivity contribution in [2.75, 3.05) is 13.1 Å². The Labute approximate surface area is 211 Å². The first-order valence-electron chi connectivity index (χ1n) is 12.4. The summed E-state index contributed by atoms with van der Waals surface area (Å²) in [4.78, 5) is 30.0. The van der Waals surface area contributed by atoms with Crippen molar-refractivity contribution < 1.29 is 19.4 Å². The van der Waals surface area contributed by atoms with Crippen LogP contribution in [0.2, 0.25) is 5.02 Å². The largest absolute Gasteiger partial charge is 0.444 e. The molecule has 186 valence electrons. The Balaban J connectivity index is 1.41. The normalized spacial score (nSPS) is 21.7. The number of rotatable bonds is 3. The van der Waals surface area contributed by atoms with Crippen LogP contribution in [0.15, 0.2) is 42.5 Å². The number of aliphatic hydroxyl groups is 1. The van der Waals surface area contributed by atoms with Crippen LogP contribution in [-0.2, 0) is 23.1 Å². The highest BCUT2D eigenvalue weighted by molar-refractivity contribution is 6.30. The maximum absolute atomic E-state index is 13.4. The summed E-state index contributed by atoms with van der Waals surface area (Å²) >= 11 is 6.27. The van der Waals surface area contributed by atoms with Gasteiger partial charge in [-0.2, -0.15) is 0 Å². The van der Waals surface area contributed by atoms with E-state index in [-0.39, 0.29) is 17.9 Å². The topological polar surface area (TPSA) is 70.1 Å². The molecule has 2 aromatic carbocycles. The lowest BCUT2D eigenvalue weighted by Gasteiger charge is -2.50. The molecule has 35 heavy (non-hydrogen) atoms. The zero-order valence-corrected chi connectivity index (χ0v) is 21.3. The number of amides is 2. The van der Waals surface area contributed by atoms with E-state index in [0.717, 1.165) is 36.0 Å². The third kappa shape index (κ3) is 4.54. The molecule has 2 aliphatic heterocycles. The summed E-state index contributed by atoms with van der Waals surface area (Å²) < 4.78 is 5.68. The Morgan fingerprint density at radius 2 is 1.91 bits per heavy atom. The molecular formula is C28H33ClN2O4. The first kappa shape index (κ1) is 24.1. The van der Waals surface area contributed by atoms with E-state index in [4.69, 9.17) is 16.3 Å². The number of benzene rings is 2. The molecule has 3 aliphatic rings. The van der Waals surface area contributed by atoms with E-state index in [1.54, 1.807) is 15.9 Å². The number of carbonyl (C=O) groups excluding carboxylic acids is 2. The third-order valence-electron chi connectivity index (χ3n) is 7.64.